The smallest absolute Gasteiger partial charge is 0.267 e. The molecule has 100 valence electrons. The van der Waals surface area contributed by atoms with E-state index in [2.05, 4.69) is 10.5 Å². The lowest BCUT2D eigenvalue weighted by molar-refractivity contribution is -0.385. The van der Waals surface area contributed by atoms with Crippen LogP contribution in [0.1, 0.15) is 35.7 Å². The first kappa shape index (κ1) is 13.2. The second-order valence-corrected chi connectivity index (χ2v) is 4.73. The molecule has 0 unspecified atom stereocenters. The molecule has 0 radical (unpaired) electrons. The average Bonchev–Trinajstić information content (AvgIpc) is 3.19. The van der Waals surface area contributed by atoms with E-state index in [0.717, 1.165) is 18.6 Å². The third-order valence-corrected chi connectivity index (χ3v) is 3.16. The fourth-order valence-electron chi connectivity index (χ4n) is 1.80. The predicted octanol–water partition coefficient (Wildman–Crippen LogP) is 2.42. The lowest BCUT2D eigenvalue weighted by atomic mass is 10.1. The van der Waals surface area contributed by atoms with E-state index in [1.165, 1.54) is 18.2 Å². The van der Waals surface area contributed by atoms with Crippen LogP contribution in [0.15, 0.2) is 23.3 Å². The number of carbonyl (C=O) groups is 1. The number of hydrazone groups is 1. The second-order valence-electron chi connectivity index (χ2n) is 4.73. The molecule has 0 heterocycles. The van der Waals surface area contributed by atoms with E-state index in [-0.39, 0.29) is 11.6 Å². The largest absolute Gasteiger partial charge is 0.272 e. The van der Waals surface area contributed by atoms with Crippen molar-refractivity contribution in [2.24, 2.45) is 11.0 Å². The van der Waals surface area contributed by atoms with Crippen LogP contribution in [0.4, 0.5) is 5.69 Å². The number of hydrogen-bond acceptors (Lipinski definition) is 4. The number of carbonyl (C=O) groups excluding carboxylic acids is 1. The van der Waals surface area contributed by atoms with Crippen LogP contribution in [0.25, 0.3) is 0 Å². The summed E-state index contributed by atoms with van der Waals surface area (Å²) in [7, 11) is 0. The first-order valence-electron chi connectivity index (χ1n) is 6.08. The molecule has 1 saturated carbocycles. The summed E-state index contributed by atoms with van der Waals surface area (Å²) in [5, 5.41) is 14.7. The summed E-state index contributed by atoms with van der Waals surface area (Å²) in [5.74, 6) is 0.150. The van der Waals surface area contributed by atoms with Gasteiger partial charge in [0.2, 0.25) is 0 Å². The van der Waals surface area contributed by atoms with Crippen LogP contribution in [0, 0.1) is 23.0 Å². The summed E-state index contributed by atoms with van der Waals surface area (Å²) in [5.41, 5.74) is 4.24. The molecule has 1 aliphatic carbocycles. The van der Waals surface area contributed by atoms with Crippen molar-refractivity contribution in [3.63, 3.8) is 0 Å². The van der Waals surface area contributed by atoms with Gasteiger partial charge in [-0.25, -0.2) is 5.43 Å². The Labute approximate surface area is 110 Å². The highest BCUT2D eigenvalue weighted by atomic mass is 16.6. The summed E-state index contributed by atoms with van der Waals surface area (Å²) < 4.78 is 0. The van der Waals surface area contributed by atoms with E-state index < -0.39 is 4.92 Å². The molecule has 0 spiro atoms. The summed E-state index contributed by atoms with van der Waals surface area (Å²) in [4.78, 5) is 22.1. The van der Waals surface area contributed by atoms with Crippen LogP contribution in [0.5, 0.6) is 0 Å². The maximum Gasteiger partial charge on any atom is 0.272 e. The van der Waals surface area contributed by atoms with Crippen molar-refractivity contribution in [2.45, 2.75) is 26.7 Å². The van der Waals surface area contributed by atoms with Crippen molar-refractivity contribution in [1.82, 2.24) is 5.43 Å². The Morgan fingerprint density at radius 3 is 2.68 bits per heavy atom. The highest BCUT2D eigenvalue weighted by Crippen LogP contribution is 2.30. The zero-order valence-electron chi connectivity index (χ0n) is 10.8. The Bertz CT molecular complexity index is 562. The minimum atomic E-state index is -0.466. The van der Waals surface area contributed by atoms with E-state index in [4.69, 9.17) is 0 Å². The maximum absolute atomic E-state index is 11.8. The number of hydrogen-bond donors (Lipinski definition) is 1. The van der Waals surface area contributed by atoms with Crippen LogP contribution in [-0.2, 0) is 0 Å². The second kappa shape index (κ2) is 5.17. The molecular weight excluding hydrogens is 246 g/mol. The van der Waals surface area contributed by atoms with Gasteiger partial charge in [0.1, 0.15) is 0 Å². The molecule has 0 aromatic heterocycles. The molecule has 1 aromatic rings. The summed E-state index contributed by atoms with van der Waals surface area (Å²) in [6.07, 6.45) is 2.25. The van der Waals surface area contributed by atoms with Crippen molar-refractivity contribution in [3.05, 3.63) is 39.4 Å². The molecule has 6 heteroatoms. The van der Waals surface area contributed by atoms with Crippen LogP contribution >= 0.6 is 0 Å². The van der Waals surface area contributed by atoms with Gasteiger partial charge in [0, 0.05) is 22.9 Å². The topological polar surface area (TPSA) is 84.6 Å². The molecular formula is C13H15N3O3. The Morgan fingerprint density at radius 1 is 1.47 bits per heavy atom. The third kappa shape index (κ3) is 3.15. The molecule has 2 rings (SSSR count). The molecule has 1 N–H and O–H groups in total. The fraction of sp³-hybridized carbons (Fsp3) is 0.385. The van der Waals surface area contributed by atoms with Crippen LogP contribution in [-0.4, -0.2) is 16.5 Å². The monoisotopic (exact) mass is 261 g/mol. The lowest BCUT2D eigenvalue weighted by Gasteiger charge is -2.03. The zero-order chi connectivity index (χ0) is 14.0. The van der Waals surface area contributed by atoms with Gasteiger partial charge in [-0.2, -0.15) is 5.10 Å². The highest BCUT2D eigenvalue weighted by Gasteiger charge is 2.24. The molecule has 1 amide bonds. The summed E-state index contributed by atoms with van der Waals surface area (Å²) in [6, 6.07) is 4.26. The van der Waals surface area contributed by atoms with Gasteiger partial charge in [-0.15, -0.1) is 0 Å². The van der Waals surface area contributed by atoms with Gasteiger partial charge in [-0.1, -0.05) is 0 Å². The van der Waals surface area contributed by atoms with Gasteiger partial charge in [0.05, 0.1) is 4.92 Å². The van der Waals surface area contributed by atoms with Crippen molar-refractivity contribution < 1.29 is 9.72 Å². The fourth-order valence-corrected chi connectivity index (χ4v) is 1.80. The summed E-state index contributed by atoms with van der Waals surface area (Å²) in [6.45, 7) is 3.49. The number of amides is 1. The minimum Gasteiger partial charge on any atom is -0.267 e. The van der Waals surface area contributed by atoms with Crippen molar-refractivity contribution in [1.29, 1.82) is 0 Å². The normalized spacial score (nSPS) is 15.2. The van der Waals surface area contributed by atoms with Crippen molar-refractivity contribution >= 4 is 17.3 Å². The first-order valence-corrected chi connectivity index (χ1v) is 6.08. The number of nitro groups is 1. The van der Waals surface area contributed by atoms with E-state index in [0.29, 0.717) is 17.0 Å². The average molecular weight is 261 g/mol. The van der Waals surface area contributed by atoms with Crippen molar-refractivity contribution in [2.75, 3.05) is 0 Å². The van der Waals surface area contributed by atoms with Gasteiger partial charge < -0.3 is 0 Å². The van der Waals surface area contributed by atoms with Gasteiger partial charge in [0.25, 0.3) is 11.6 Å². The number of nitrogens with zero attached hydrogens (tertiary/aromatic N) is 2. The summed E-state index contributed by atoms with van der Waals surface area (Å²) >= 11 is 0. The molecule has 1 fully saturated rings. The number of aryl methyl sites for hydroxylation is 1. The van der Waals surface area contributed by atoms with Gasteiger partial charge in [-0.3, -0.25) is 14.9 Å². The molecule has 19 heavy (non-hydrogen) atoms. The number of benzene rings is 1. The molecule has 0 atom stereocenters. The quantitative estimate of drug-likeness (QED) is 0.513. The first-order chi connectivity index (χ1) is 8.99. The van der Waals surface area contributed by atoms with Crippen LogP contribution < -0.4 is 5.43 Å². The molecule has 0 saturated heterocycles. The Hall–Kier alpha value is -2.24. The standard InChI is InChI=1S/C13H15N3O3/c1-8-7-11(5-6-12(8)16(18)19)13(17)15-14-9(2)10-3-4-10/h5-7,10H,3-4H2,1-2H3,(H,15,17)/b14-9+. The van der Waals surface area contributed by atoms with Gasteiger partial charge in [0.15, 0.2) is 0 Å². The predicted molar refractivity (Wildman–Crippen MR) is 71.1 cm³/mol. The number of nitro benzene ring substituents is 1. The van der Waals surface area contributed by atoms with Crippen LogP contribution in [0.3, 0.4) is 0 Å². The zero-order valence-corrected chi connectivity index (χ0v) is 10.8. The Morgan fingerprint density at radius 2 is 2.16 bits per heavy atom. The number of rotatable bonds is 4. The Balaban J connectivity index is 2.09. The van der Waals surface area contributed by atoms with Gasteiger partial charge in [-0.05, 0) is 44.7 Å². The number of nitrogens with one attached hydrogen (secondary N) is 1. The van der Waals surface area contributed by atoms with Crippen LogP contribution in [0.2, 0.25) is 0 Å². The van der Waals surface area contributed by atoms with E-state index >= 15 is 0 Å². The third-order valence-electron chi connectivity index (χ3n) is 3.16. The molecule has 1 aromatic carbocycles. The van der Waals surface area contributed by atoms with Crippen molar-refractivity contribution in [3.8, 4) is 0 Å². The van der Waals surface area contributed by atoms with E-state index in [1.54, 1.807) is 6.92 Å². The van der Waals surface area contributed by atoms with E-state index in [1.807, 2.05) is 6.92 Å². The molecule has 0 aliphatic heterocycles. The molecule has 1 aliphatic rings. The van der Waals surface area contributed by atoms with E-state index in [9.17, 15) is 14.9 Å². The highest BCUT2D eigenvalue weighted by molar-refractivity contribution is 5.96. The lowest BCUT2D eigenvalue weighted by Crippen LogP contribution is -2.19. The van der Waals surface area contributed by atoms with Gasteiger partial charge >= 0.3 is 0 Å². The molecule has 0 bridgehead atoms. The Kier molecular flexibility index (Phi) is 3.59. The molecule has 6 nitrogen and oxygen atoms in total. The minimum absolute atomic E-state index is 0.00853. The maximum atomic E-state index is 11.8. The SMILES string of the molecule is C/C(=N\NC(=O)c1ccc([N+](=O)[O-])c(C)c1)C1CC1.